The molecule has 0 radical (unpaired) electrons. The van der Waals surface area contributed by atoms with E-state index in [-0.39, 0.29) is 54.5 Å². The Balaban J connectivity index is 0.814. The number of allylic oxidation sites excluding steroid dienone is 2. The number of nitrogens with zero attached hydrogens (tertiary/aromatic N) is 2. The quantitative estimate of drug-likeness (QED) is 0.0263. The molecule has 2 fully saturated rings. The zero-order chi connectivity index (χ0) is 43.6. The number of ether oxygens (including phenoxy) is 2. The van der Waals surface area contributed by atoms with Gasteiger partial charge in [0.2, 0.25) is 0 Å². The van der Waals surface area contributed by atoms with Gasteiger partial charge >= 0.3 is 0 Å². The largest absolute Gasteiger partial charge is 0.504 e. The summed E-state index contributed by atoms with van der Waals surface area (Å²) in [6.07, 6.45) is 25.0. The minimum absolute atomic E-state index is 0.00333. The minimum atomic E-state index is -0.958. The van der Waals surface area contributed by atoms with Crippen molar-refractivity contribution in [2.45, 2.75) is 140 Å². The molecular formula is C50H72N5O7+. The fourth-order valence-electron chi connectivity index (χ4n) is 10.7. The van der Waals surface area contributed by atoms with Crippen molar-refractivity contribution in [3.63, 3.8) is 0 Å². The number of nitrogens with one attached hydrogen (secondary N) is 1. The smallest absolute Gasteiger partial charge is 0.196 e. The number of aliphatic hydroxyl groups is 6. The van der Waals surface area contributed by atoms with E-state index < -0.39 is 12.2 Å². The van der Waals surface area contributed by atoms with Gasteiger partial charge in [0.05, 0.1) is 36.2 Å². The Bertz CT molecular complexity index is 1900. The second kappa shape index (κ2) is 21.7. The first-order valence-electron chi connectivity index (χ1n) is 23.4. The second-order valence-electron chi connectivity index (χ2n) is 18.7. The maximum absolute atomic E-state index is 11.4. The number of aromatic nitrogens is 1. The minimum Gasteiger partial charge on any atom is -0.504 e. The number of phenols is 1. The molecule has 9 atom stereocenters. The third kappa shape index (κ3) is 11.6. The van der Waals surface area contributed by atoms with Crippen LogP contribution in [0.25, 0.3) is 0 Å². The van der Waals surface area contributed by atoms with Crippen LogP contribution in [-0.2, 0) is 12.8 Å². The van der Waals surface area contributed by atoms with Gasteiger partial charge < -0.3 is 51.8 Å². The van der Waals surface area contributed by atoms with Gasteiger partial charge in [0.1, 0.15) is 24.1 Å². The molecule has 0 amide bonds. The molecule has 62 heavy (non-hydrogen) atoms. The van der Waals surface area contributed by atoms with Gasteiger partial charge in [-0.25, -0.2) is 4.98 Å². The second-order valence-corrected chi connectivity index (χ2v) is 18.7. The van der Waals surface area contributed by atoms with Crippen molar-refractivity contribution < 1.29 is 35.0 Å². The van der Waals surface area contributed by atoms with Gasteiger partial charge in [0, 0.05) is 43.8 Å². The first-order chi connectivity index (χ1) is 30.0. The highest BCUT2D eigenvalue weighted by Gasteiger charge is 2.59. The van der Waals surface area contributed by atoms with E-state index in [1.165, 1.54) is 18.4 Å². The lowest BCUT2D eigenvalue weighted by Gasteiger charge is -2.39. The van der Waals surface area contributed by atoms with E-state index in [0.29, 0.717) is 55.8 Å². The number of phenolic OH excluding ortho intramolecular Hbond substituents is 1. The molecule has 2 bridgehead atoms. The van der Waals surface area contributed by atoms with Gasteiger partial charge in [-0.2, -0.15) is 0 Å². The van der Waals surface area contributed by atoms with Crippen LogP contribution < -0.4 is 21.5 Å². The zero-order valence-electron chi connectivity index (χ0n) is 36.7. The molecule has 11 N–H and O–H groups in total. The molecule has 8 rings (SSSR count). The van der Waals surface area contributed by atoms with Gasteiger partial charge in [0.15, 0.2) is 29.4 Å². The van der Waals surface area contributed by atoms with Gasteiger partial charge in [-0.1, -0.05) is 43.9 Å². The van der Waals surface area contributed by atoms with E-state index in [9.17, 15) is 25.5 Å². The van der Waals surface area contributed by atoms with Crippen molar-refractivity contribution in [1.82, 2.24) is 10.3 Å². The zero-order valence-corrected chi connectivity index (χ0v) is 36.7. The molecule has 1 aromatic heterocycles. The van der Waals surface area contributed by atoms with Crippen molar-refractivity contribution >= 4 is 11.5 Å². The molecule has 2 aliphatic heterocycles. The summed E-state index contributed by atoms with van der Waals surface area (Å²) in [5.74, 6) is 1.93. The normalized spacial score (nSPS) is 25.8. The number of nitrogens with two attached hydrogens (primary N) is 2. The molecule has 12 nitrogen and oxygen atoms in total. The number of anilines is 1. The predicted molar refractivity (Wildman–Crippen MR) is 244 cm³/mol. The molecule has 3 heterocycles. The van der Waals surface area contributed by atoms with Crippen molar-refractivity contribution in [3.8, 4) is 11.5 Å². The number of aliphatic hydroxyl groups excluding tert-OH is 4. The van der Waals surface area contributed by atoms with Crippen LogP contribution in [0.1, 0.15) is 108 Å². The lowest BCUT2D eigenvalue weighted by molar-refractivity contribution is -0.0552. The SMILES string of the molecule is C[C@H](O)CNC[C@H]1C2=C[C+]([C@@H](O)COc3cc(CC[C-]4C=C(CO)C(CCCCCC[C@H](N)CC[C@H](O)CCc5ccnc(N)c5)[OH+]4)ccc3O)N=C2[C@H]2C=C[C@@]13CCC[C@@H]3C2. The fraction of sp³-hybridized carbons (Fsp3) is 0.600. The highest BCUT2D eigenvalue weighted by atomic mass is 16.5. The summed E-state index contributed by atoms with van der Waals surface area (Å²) in [7, 11) is 0. The lowest BCUT2D eigenvalue weighted by atomic mass is 9.64. The van der Waals surface area contributed by atoms with Gasteiger partial charge in [-0.15, -0.1) is 16.6 Å². The Labute approximate surface area is 368 Å². The maximum atomic E-state index is 11.4. The number of unbranched alkanes of at least 4 members (excludes halogenated alkanes) is 3. The average molecular weight is 855 g/mol. The Morgan fingerprint density at radius 2 is 1.89 bits per heavy atom. The number of aromatic hydroxyl groups is 1. The number of benzene rings is 1. The third-order valence-electron chi connectivity index (χ3n) is 14.1. The third-order valence-corrected chi connectivity index (χ3v) is 14.1. The van der Waals surface area contributed by atoms with Crippen LogP contribution in [0, 0.1) is 35.3 Å². The summed E-state index contributed by atoms with van der Waals surface area (Å²) in [6, 6.07) is 9.84. The molecule has 4 aliphatic carbocycles. The summed E-state index contributed by atoms with van der Waals surface area (Å²) in [4.78, 5) is 9.06. The molecule has 0 saturated heterocycles. The molecule has 6 aliphatic rings. The fourth-order valence-corrected chi connectivity index (χ4v) is 10.7. The van der Waals surface area contributed by atoms with Crippen molar-refractivity contribution in [1.29, 1.82) is 0 Å². The number of nitrogen functional groups attached to an aromatic ring is 1. The van der Waals surface area contributed by atoms with E-state index in [2.05, 4.69) is 28.5 Å². The summed E-state index contributed by atoms with van der Waals surface area (Å²) in [6.45, 7) is 3.05. The van der Waals surface area contributed by atoms with Crippen LogP contribution in [-0.4, -0.2) is 97.7 Å². The Morgan fingerprint density at radius 1 is 1.05 bits per heavy atom. The highest BCUT2D eigenvalue weighted by Crippen LogP contribution is 2.60. The summed E-state index contributed by atoms with van der Waals surface area (Å²) in [5.41, 5.74) is 17.5. The van der Waals surface area contributed by atoms with Gasteiger partial charge in [-0.05, 0) is 119 Å². The topological polar surface area (TPSA) is 212 Å². The van der Waals surface area contributed by atoms with Crippen LogP contribution in [0.2, 0.25) is 0 Å². The van der Waals surface area contributed by atoms with Crippen LogP contribution in [0.4, 0.5) is 5.82 Å². The van der Waals surface area contributed by atoms with E-state index in [1.54, 1.807) is 19.2 Å². The molecule has 12 heteroatoms. The van der Waals surface area contributed by atoms with Crippen LogP contribution >= 0.6 is 0 Å². The number of hydrogen-bond donors (Lipinski definition) is 8. The Morgan fingerprint density at radius 3 is 2.71 bits per heavy atom. The van der Waals surface area contributed by atoms with Gasteiger partial charge in [0.25, 0.3) is 0 Å². The number of pyridine rings is 1. The molecule has 2 saturated carbocycles. The van der Waals surface area contributed by atoms with E-state index in [4.69, 9.17) is 25.9 Å². The van der Waals surface area contributed by atoms with E-state index >= 15 is 0 Å². The first kappa shape index (κ1) is 46.1. The maximum Gasteiger partial charge on any atom is 0.196 e. The van der Waals surface area contributed by atoms with Crippen LogP contribution in [0.15, 0.2) is 77.0 Å². The Hall–Kier alpha value is -3.88. The van der Waals surface area contributed by atoms with Crippen LogP contribution in [0.3, 0.4) is 0 Å². The van der Waals surface area contributed by atoms with Crippen molar-refractivity contribution in [2.75, 3.05) is 32.0 Å². The molecule has 2 aromatic rings. The molecular weight excluding hydrogens is 783 g/mol. The summed E-state index contributed by atoms with van der Waals surface area (Å²) in [5, 5.41) is 56.1. The Kier molecular flexibility index (Phi) is 16.1. The number of aliphatic imine (C=N–C) groups is 1. The summed E-state index contributed by atoms with van der Waals surface area (Å²) < 4.78 is 11.0. The number of rotatable bonds is 25. The number of hydrogen-bond acceptors (Lipinski definition) is 11. The monoisotopic (exact) mass is 855 g/mol. The molecule has 1 spiro atoms. The molecule has 1 aromatic carbocycles. The van der Waals surface area contributed by atoms with E-state index in [0.717, 1.165) is 99.3 Å². The standard InChI is InChI=1S/C50H71N5O7/c1-32(57)28-53-29-42-41-27-43(55-49(41)35-18-21-50(42)20-6-7-37(50)25-35)45(60)31-61-47-23-33(12-17-44(47)59)11-16-40-26-36(30-56)46(62-40)9-5-3-2-4-8-38(51)13-15-39(58)14-10-34-19-22-54-48(52)24-34/h12,17-19,21-24,26-27,32,35,37-39,42,45-46,53,56-58,60,62H,2-11,13-16,20,25,28-31,51H2,1H3,(H2-,52,54,59)/p+1/t32-,35-,37+,38-,39+,42-,45-,46?,50+/m0/s1. The molecule has 338 valence electrons. The van der Waals surface area contributed by atoms with Crippen molar-refractivity contribution in [2.24, 2.45) is 33.9 Å². The average Bonchev–Trinajstić information content (AvgIpc) is 3.98. The first-order valence-corrected chi connectivity index (χ1v) is 23.4. The van der Waals surface area contributed by atoms with Crippen LogP contribution in [0.5, 0.6) is 11.5 Å². The van der Waals surface area contributed by atoms with Gasteiger partial charge in [-0.3, -0.25) is 0 Å². The van der Waals surface area contributed by atoms with Crippen molar-refractivity contribution in [3.05, 3.63) is 95.3 Å². The predicted octanol–water partition coefficient (Wildman–Crippen LogP) is 5.72. The highest BCUT2D eigenvalue weighted by molar-refractivity contribution is 6.07. The summed E-state index contributed by atoms with van der Waals surface area (Å²) >= 11 is 0. The lowest BCUT2D eigenvalue weighted by Crippen LogP contribution is -2.41. The number of aryl methyl sites for hydroxylation is 2. The molecule has 1 unspecified atom stereocenters. The van der Waals surface area contributed by atoms with E-state index in [1.807, 2.05) is 30.3 Å².